The van der Waals surface area contributed by atoms with Crippen molar-refractivity contribution in [3.8, 4) is 17.2 Å². The molecule has 2 rings (SSSR count). The zero-order valence-electron chi connectivity index (χ0n) is 11.0. The van der Waals surface area contributed by atoms with Gasteiger partial charge in [0.25, 0.3) is 5.89 Å². The summed E-state index contributed by atoms with van der Waals surface area (Å²) in [6.45, 7) is 3.19. The van der Waals surface area contributed by atoms with Gasteiger partial charge >= 0.3 is 0 Å². The van der Waals surface area contributed by atoms with Crippen LogP contribution in [0.25, 0.3) is 11.5 Å². The number of nitrogens with two attached hydrogens (primary N) is 1. The van der Waals surface area contributed by atoms with Crippen LogP contribution in [0.2, 0.25) is 0 Å². The third-order valence-electron chi connectivity index (χ3n) is 2.63. The summed E-state index contributed by atoms with van der Waals surface area (Å²) in [6.07, 6.45) is 0.612. The van der Waals surface area contributed by atoms with Crippen LogP contribution in [-0.2, 0) is 11.2 Å². The fourth-order valence-electron chi connectivity index (χ4n) is 1.62. The minimum atomic E-state index is 0.392. The number of hydrogen-bond donors (Lipinski definition) is 1. The Balaban J connectivity index is 2.17. The Labute approximate surface area is 111 Å². The minimum Gasteiger partial charge on any atom is -0.497 e. The van der Waals surface area contributed by atoms with Gasteiger partial charge < -0.3 is 19.7 Å². The molecule has 0 aliphatic carbocycles. The monoisotopic (exact) mass is 263 g/mol. The summed E-state index contributed by atoms with van der Waals surface area (Å²) in [4.78, 5) is 4.30. The van der Waals surface area contributed by atoms with Crippen molar-refractivity contribution in [3.05, 3.63) is 24.0 Å². The molecule has 6 heteroatoms. The first-order valence-electron chi connectivity index (χ1n) is 6.08. The molecule has 2 aromatic rings. The van der Waals surface area contributed by atoms with E-state index in [1.165, 1.54) is 0 Å². The van der Waals surface area contributed by atoms with E-state index in [9.17, 15) is 0 Å². The fourth-order valence-corrected chi connectivity index (χ4v) is 1.62. The Bertz CT molecular complexity index is 540. The number of nitrogens with zero attached hydrogens (tertiary/aromatic N) is 2. The van der Waals surface area contributed by atoms with Gasteiger partial charge in [0.1, 0.15) is 5.75 Å². The van der Waals surface area contributed by atoms with E-state index in [4.69, 9.17) is 19.7 Å². The molecule has 1 aromatic carbocycles. The summed E-state index contributed by atoms with van der Waals surface area (Å²) < 4.78 is 15.6. The number of ether oxygens (including phenoxy) is 2. The molecule has 0 saturated heterocycles. The fraction of sp³-hybridized carbons (Fsp3) is 0.385. The predicted octanol–water partition coefficient (Wildman–Crippen LogP) is 1.91. The summed E-state index contributed by atoms with van der Waals surface area (Å²) in [6, 6.07) is 5.30. The highest BCUT2D eigenvalue weighted by Gasteiger charge is 2.12. The van der Waals surface area contributed by atoms with Crippen LogP contribution < -0.4 is 10.5 Å². The number of methoxy groups -OCH3 is 1. The number of benzene rings is 1. The SMILES string of the molecule is CCOCCc1noc(-c2cc(OC)ccc2N)n1. The maximum absolute atomic E-state index is 5.90. The van der Waals surface area contributed by atoms with Gasteiger partial charge in [-0.25, -0.2) is 0 Å². The normalized spacial score (nSPS) is 10.6. The Morgan fingerprint density at radius 1 is 1.37 bits per heavy atom. The molecule has 0 fully saturated rings. The molecular formula is C13H17N3O3. The third-order valence-corrected chi connectivity index (χ3v) is 2.63. The van der Waals surface area contributed by atoms with Crippen molar-refractivity contribution in [2.45, 2.75) is 13.3 Å². The van der Waals surface area contributed by atoms with Crippen LogP contribution in [0.15, 0.2) is 22.7 Å². The van der Waals surface area contributed by atoms with E-state index in [1.807, 2.05) is 6.92 Å². The Morgan fingerprint density at radius 3 is 2.95 bits per heavy atom. The lowest BCUT2D eigenvalue weighted by Gasteiger charge is -2.03. The predicted molar refractivity (Wildman–Crippen MR) is 70.9 cm³/mol. The van der Waals surface area contributed by atoms with Crippen LogP contribution >= 0.6 is 0 Å². The molecule has 0 saturated carbocycles. The minimum absolute atomic E-state index is 0.392. The number of hydrogen-bond acceptors (Lipinski definition) is 6. The first-order valence-corrected chi connectivity index (χ1v) is 6.08. The van der Waals surface area contributed by atoms with Gasteiger partial charge in [0, 0.05) is 18.7 Å². The van der Waals surface area contributed by atoms with E-state index < -0.39 is 0 Å². The smallest absolute Gasteiger partial charge is 0.260 e. The summed E-state index contributed by atoms with van der Waals surface area (Å²) in [5, 5.41) is 3.90. The van der Waals surface area contributed by atoms with Gasteiger partial charge in [-0.3, -0.25) is 0 Å². The van der Waals surface area contributed by atoms with Crippen molar-refractivity contribution in [1.29, 1.82) is 0 Å². The zero-order valence-corrected chi connectivity index (χ0v) is 11.0. The lowest BCUT2D eigenvalue weighted by atomic mass is 10.1. The molecule has 6 nitrogen and oxygen atoms in total. The zero-order chi connectivity index (χ0) is 13.7. The highest BCUT2D eigenvalue weighted by Crippen LogP contribution is 2.28. The summed E-state index contributed by atoms with van der Waals surface area (Å²) in [5.41, 5.74) is 7.14. The van der Waals surface area contributed by atoms with Crippen molar-refractivity contribution in [1.82, 2.24) is 10.1 Å². The first-order chi connectivity index (χ1) is 9.24. The maximum Gasteiger partial charge on any atom is 0.260 e. The van der Waals surface area contributed by atoms with Gasteiger partial charge in [0.2, 0.25) is 0 Å². The molecular weight excluding hydrogens is 246 g/mol. The molecule has 1 heterocycles. The van der Waals surface area contributed by atoms with Crippen LogP contribution in [0.3, 0.4) is 0 Å². The molecule has 0 amide bonds. The van der Waals surface area contributed by atoms with Gasteiger partial charge in [-0.1, -0.05) is 5.16 Å². The van der Waals surface area contributed by atoms with Crippen LogP contribution in [0.5, 0.6) is 5.75 Å². The largest absolute Gasteiger partial charge is 0.497 e. The summed E-state index contributed by atoms with van der Waals surface area (Å²) in [7, 11) is 1.59. The van der Waals surface area contributed by atoms with Crippen molar-refractivity contribution >= 4 is 5.69 Å². The molecule has 102 valence electrons. The Morgan fingerprint density at radius 2 is 2.21 bits per heavy atom. The number of nitrogen functional groups attached to an aromatic ring is 1. The molecule has 0 bridgehead atoms. The number of aromatic nitrogens is 2. The maximum atomic E-state index is 5.90. The first kappa shape index (κ1) is 13.4. The molecule has 0 radical (unpaired) electrons. The van der Waals surface area contributed by atoms with Crippen molar-refractivity contribution in [2.24, 2.45) is 0 Å². The van der Waals surface area contributed by atoms with Gasteiger partial charge in [-0.05, 0) is 25.1 Å². The van der Waals surface area contributed by atoms with E-state index in [-0.39, 0.29) is 0 Å². The standard InChI is InChI=1S/C13H17N3O3/c1-3-18-7-6-12-15-13(19-16-12)10-8-9(17-2)4-5-11(10)14/h4-5,8H,3,6-7,14H2,1-2H3. The van der Waals surface area contributed by atoms with Gasteiger partial charge in [-0.2, -0.15) is 4.98 Å². The highest BCUT2D eigenvalue weighted by atomic mass is 16.5. The van der Waals surface area contributed by atoms with Crippen molar-refractivity contribution < 1.29 is 14.0 Å². The molecule has 0 aliphatic rings. The van der Waals surface area contributed by atoms with Gasteiger partial charge in [0.05, 0.1) is 19.3 Å². The van der Waals surface area contributed by atoms with Gasteiger partial charge in [0.15, 0.2) is 5.82 Å². The molecule has 19 heavy (non-hydrogen) atoms. The quantitative estimate of drug-likeness (QED) is 0.633. The summed E-state index contributed by atoms with van der Waals surface area (Å²) >= 11 is 0. The van der Waals surface area contributed by atoms with E-state index in [2.05, 4.69) is 10.1 Å². The van der Waals surface area contributed by atoms with Crippen LogP contribution in [-0.4, -0.2) is 30.5 Å². The second-order valence-corrected chi connectivity index (χ2v) is 3.92. The Kier molecular flexibility index (Phi) is 4.35. The van der Waals surface area contributed by atoms with E-state index in [1.54, 1.807) is 25.3 Å². The summed E-state index contributed by atoms with van der Waals surface area (Å²) in [5.74, 6) is 1.69. The van der Waals surface area contributed by atoms with Gasteiger partial charge in [-0.15, -0.1) is 0 Å². The second-order valence-electron chi connectivity index (χ2n) is 3.92. The van der Waals surface area contributed by atoms with E-state index in [0.29, 0.717) is 48.4 Å². The molecule has 2 N–H and O–H groups in total. The number of rotatable bonds is 6. The van der Waals surface area contributed by atoms with Crippen molar-refractivity contribution in [2.75, 3.05) is 26.1 Å². The molecule has 0 atom stereocenters. The lowest BCUT2D eigenvalue weighted by Crippen LogP contribution is -1.99. The van der Waals surface area contributed by atoms with E-state index >= 15 is 0 Å². The second kappa shape index (κ2) is 6.19. The van der Waals surface area contributed by atoms with Crippen LogP contribution in [0.4, 0.5) is 5.69 Å². The highest BCUT2D eigenvalue weighted by molar-refractivity contribution is 5.72. The van der Waals surface area contributed by atoms with E-state index in [0.717, 1.165) is 0 Å². The molecule has 1 aromatic heterocycles. The third kappa shape index (κ3) is 3.23. The van der Waals surface area contributed by atoms with Crippen molar-refractivity contribution in [3.63, 3.8) is 0 Å². The number of anilines is 1. The topological polar surface area (TPSA) is 83.4 Å². The Hall–Kier alpha value is -2.08. The molecule has 0 unspecified atom stereocenters. The average Bonchev–Trinajstić information content (AvgIpc) is 2.88. The lowest BCUT2D eigenvalue weighted by molar-refractivity contribution is 0.149. The van der Waals surface area contributed by atoms with Crippen LogP contribution in [0.1, 0.15) is 12.7 Å². The molecule has 0 spiro atoms. The van der Waals surface area contributed by atoms with Crippen LogP contribution in [0, 0.1) is 0 Å². The average molecular weight is 263 g/mol. The molecule has 0 aliphatic heterocycles.